The molecule has 27 heavy (non-hydrogen) atoms. The zero-order chi connectivity index (χ0) is 20.0. The second-order valence-corrected chi connectivity index (χ2v) is 6.36. The van der Waals surface area contributed by atoms with Crippen molar-refractivity contribution in [2.45, 2.75) is 27.7 Å². The summed E-state index contributed by atoms with van der Waals surface area (Å²) in [4.78, 5) is 4.13. The van der Waals surface area contributed by atoms with E-state index in [0.29, 0.717) is 5.57 Å². The number of H-pyrrole nitrogens is 1. The van der Waals surface area contributed by atoms with Crippen LogP contribution in [0.4, 0.5) is 8.78 Å². The first-order valence-corrected chi connectivity index (χ1v) is 8.50. The highest BCUT2D eigenvalue weighted by atomic mass is 19.1. The molecule has 0 unspecified atom stereocenters. The third-order valence-electron chi connectivity index (χ3n) is 4.06. The van der Waals surface area contributed by atoms with E-state index < -0.39 is 11.6 Å². The van der Waals surface area contributed by atoms with E-state index in [1.165, 1.54) is 29.3 Å². The number of pyridine rings is 1. The van der Waals surface area contributed by atoms with Gasteiger partial charge in [-0.05, 0) is 79.8 Å². The van der Waals surface area contributed by atoms with Gasteiger partial charge in [-0.3, -0.25) is 10.1 Å². The van der Waals surface area contributed by atoms with Crippen LogP contribution in [-0.2, 0) is 0 Å². The molecule has 0 aliphatic carbocycles. The number of rotatable bonds is 3. The van der Waals surface area contributed by atoms with Gasteiger partial charge in [-0.1, -0.05) is 12.6 Å². The van der Waals surface area contributed by atoms with Gasteiger partial charge in [0.25, 0.3) is 0 Å². The highest BCUT2D eigenvalue weighted by Crippen LogP contribution is 2.20. The monoisotopic (exact) mass is 367 g/mol. The van der Waals surface area contributed by atoms with Gasteiger partial charge in [0.05, 0.1) is 11.9 Å². The van der Waals surface area contributed by atoms with Crippen molar-refractivity contribution in [3.63, 3.8) is 0 Å². The van der Waals surface area contributed by atoms with E-state index in [1.54, 1.807) is 6.92 Å². The van der Waals surface area contributed by atoms with Crippen molar-refractivity contribution in [1.82, 2.24) is 15.2 Å². The Morgan fingerprint density at radius 1 is 1.04 bits per heavy atom. The van der Waals surface area contributed by atoms with Gasteiger partial charge in [-0.15, -0.1) is 0 Å². The molecule has 3 rings (SSSR count). The van der Waals surface area contributed by atoms with Gasteiger partial charge in [0.1, 0.15) is 11.6 Å². The molecule has 1 N–H and O–H groups in total. The molecule has 0 saturated carbocycles. The third kappa shape index (κ3) is 5.20. The Balaban J connectivity index is 0.000000208. The van der Waals surface area contributed by atoms with Crippen molar-refractivity contribution < 1.29 is 8.78 Å². The minimum atomic E-state index is -0.558. The van der Waals surface area contributed by atoms with E-state index in [0.717, 1.165) is 16.8 Å². The molecule has 0 bridgehead atoms. The van der Waals surface area contributed by atoms with Crippen molar-refractivity contribution in [1.29, 1.82) is 0 Å². The fourth-order valence-electron chi connectivity index (χ4n) is 2.58. The van der Waals surface area contributed by atoms with Crippen LogP contribution in [0.1, 0.15) is 41.8 Å². The maximum Gasteiger partial charge on any atom is 0.133 e. The average Bonchev–Trinajstić information content (AvgIpc) is 3.03. The minimum Gasteiger partial charge on any atom is -0.278 e. The van der Waals surface area contributed by atoms with Crippen LogP contribution >= 0.6 is 0 Å². The van der Waals surface area contributed by atoms with Crippen LogP contribution in [0, 0.1) is 25.5 Å². The predicted molar refractivity (Wildman–Crippen MR) is 107 cm³/mol. The van der Waals surface area contributed by atoms with Gasteiger partial charge >= 0.3 is 0 Å². The van der Waals surface area contributed by atoms with Crippen molar-refractivity contribution in [3.05, 3.63) is 89.0 Å². The highest BCUT2D eigenvalue weighted by Gasteiger charge is 2.07. The number of benzene rings is 1. The first-order chi connectivity index (χ1) is 12.8. The number of aromatic nitrogens is 3. The largest absolute Gasteiger partial charge is 0.278 e. The SMILES string of the molecule is C/C(=C\c1cnccc1C)c1[nH]ncc1C.C=C(C)c1c(F)cccc1F. The number of hydrogen-bond acceptors (Lipinski definition) is 2. The number of allylic oxidation sites excluding steroid dienone is 2. The molecule has 2 heterocycles. The van der Waals surface area contributed by atoms with Gasteiger partial charge in [0.2, 0.25) is 0 Å². The molecule has 0 fully saturated rings. The van der Waals surface area contributed by atoms with Crippen LogP contribution in [0.5, 0.6) is 0 Å². The Kier molecular flexibility index (Phi) is 6.77. The van der Waals surface area contributed by atoms with Crippen molar-refractivity contribution in [2.75, 3.05) is 0 Å². The second kappa shape index (κ2) is 9.03. The molecule has 0 atom stereocenters. The van der Waals surface area contributed by atoms with Gasteiger partial charge in [-0.2, -0.15) is 5.10 Å². The lowest BCUT2D eigenvalue weighted by atomic mass is 10.1. The molecular weight excluding hydrogens is 344 g/mol. The molecule has 0 spiro atoms. The molecular formula is C22H23F2N3. The lowest BCUT2D eigenvalue weighted by Crippen LogP contribution is -1.90. The predicted octanol–water partition coefficient (Wildman–Crippen LogP) is 5.98. The summed E-state index contributed by atoms with van der Waals surface area (Å²) < 4.78 is 25.6. The first-order valence-electron chi connectivity index (χ1n) is 8.50. The van der Waals surface area contributed by atoms with Gasteiger partial charge in [0, 0.05) is 18.0 Å². The molecule has 3 aromatic rings. The molecule has 3 nitrogen and oxygen atoms in total. The summed E-state index contributed by atoms with van der Waals surface area (Å²) >= 11 is 0. The molecule has 5 heteroatoms. The van der Waals surface area contributed by atoms with E-state index in [2.05, 4.69) is 41.7 Å². The van der Waals surface area contributed by atoms with Crippen LogP contribution in [-0.4, -0.2) is 15.2 Å². The topological polar surface area (TPSA) is 41.6 Å². The summed E-state index contributed by atoms with van der Waals surface area (Å²) in [6.45, 7) is 11.2. The number of halogens is 2. The molecule has 0 aliphatic heterocycles. The Bertz CT molecular complexity index is 951. The fraction of sp³-hybridized carbons (Fsp3) is 0.182. The zero-order valence-electron chi connectivity index (χ0n) is 16.0. The van der Waals surface area contributed by atoms with E-state index in [-0.39, 0.29) is 5.56 Å². The summed E-state index contributed by atoms with van der Waals surface area (Å²) in [6.07, 6.45) is 7.65. The summed E-state index contributed by atoms with van der Waals surface area (Å²) in [5.41, 5.74) is 6.18. The number of hydrogen-bond donors (Lipinski definition) is 1. The zero-order valence-corrected chi connectivity index (χ0v) is 16.0. The van der Waals surface area contributed by atoms with E-state index in [1.807, 2.05) is 31.6 Å². The Hall–Kier alpha value is -3.08. The maximum atomic E-state index is 12.8. The van der Waals surface area contributed by atoms with Crippen LogP contribution < -0.4 is 0 Å². The van der Waals surface area contributed by atoms with Crippen LogP contribution in [0.25, 0.3) is 17.2 Å². The third-order valence-corrected chi connectivity index (χ3v) is 4.06. The smallest absolute Gasteiger partial charge is 0.133 e. The first kappa shape index (κ1) is 20.2. The maximum absolute atomic E-state index is 12.8. The molecule has 140 valence electrons. The second-order valence-electron chi connectivity index (χ2n) is 6.36. The molecule has 0 radical (unpaired) electrons. The summed E-state index contributed by atoms with van der Waals surface area (Å²) in [6, 6.07) is 5.77. The van der Waals surface area contributed by atoms with Crippen LogP contribution in [0.2, 0.25) is 0 Å². The molecule has 2 aromatic heterocycles. The molecule has 0 aliphatic rings. The normalized spacial score (nSPS) is 11.0. The summed E-state index contributed by atoms with van der Waals surface area (Å²) in [5.74, 6) is -1.12. The Morgan fingerprint density at radius 2 is 1.70 bits per heavy atom. The van der Waals surface area contributed by atoms with E-state index in [4.69, 9.17) is 0 Å². The highest BCUT2D eigenvalue weighted by molar-refractivity contribution is 5.80. The van der Waals surface area contributed by atoms with Crippen molar-refractivity contribution in [3.8, 4) is 0 Å². The molecule has 0 amide bonds. The number of aryl methyl sites for hydroxylation is 2. The summed E-state index contributed by atoms with van der Waals surface area (Å²) in [7, 11) is 0. The molecule has 1 aromatic carbocycles. The average molecular weight is 367 g/mol. The number of nitrogens with one attached hydrogen (secondary N) is 1. The van der Waals surface area contributed by atoms with Gasteiger partial charge in [-0.25, -0.2) is 8.78 Å². The van der Waals surface area contributed by atoms with Crippen molar-refractivity contribution in [2.24, 2.45) is 0 Å². The van der Waals surface area contributed by atoms with Crippen LogP contribution in [0.3, 0.4) is 0 Å². The van der Waals surface area contributed by atoms with Gasteiger partial charge < -0.3 is 0 Å². The fourth-order valence-corrected chi connectivity index (χ4v) is 2.58. The lowest BCUT2D eigenvalue weighted by molar-refractivity contribution is 0.577. The quantitative estimate of drug-likeness (QED) is 0.619. The van der Waals surface area contributed by atoms with E-state index in [9.17, 15) is 8.78 Å². The Morgan fingerprint density at radius 3 is 2.19 bits per heavy atom. The Labute approximate surface area is 158 Å². The van der Waals surface area contributed by atoms with E-state index >= 15 is 0 Å². The standard InChI is InChI=1S/C13H15N3.C9H8F2/c1-9-4-5-14-8-12(9)6-10(2)13-11(3)7-15-16-13;1-6(2)9-7(10)4-3-5-8(9)11/h4-8H,1-3H3,(H,15,16);3-5H,1H2,2H3/b10-6+;. The minimum absolute atomic E-state index is 0.0208. The summed E-state index contributed by atoms with van der Waals surface area (Å²) in [5, 5.41) is 7.03. The molecule has 0 saturated heterocycles. The number of nitrogens with zero attached hydrogens (tertiary/aromatic N) is 2. The van der Waals surface area contributed by atoms with Crippen molar-refractivity contribution >= 4 is 17.2 Å². The van der Waals surface area contributed by atoms with Gasteiger partial charge in [0.15, 0.2) is 0 Å². The van der Waals surface area contributed by atoms with Crippen LogP contribution in [0.15, 0.2) is 49.4 Å². The number of aromatic amines is 1. The lowest BCUT2D eigenvalue weighted by Gasteiger charge is -2.02.